The van der Waals surface area contributed by atoms with E-state index in [0.29, 0.717) is 71.1 Å². The minimum absolute atomic E-state index is 0.0897. The number of rotatable bonds is 24. The van der Waals surface area contributed by atoms with Crippen molar-refractivity contribution >= 4 is 23.5 Å². The van der Waals surface area contributed by atoms with E-state index in [9.17, 15) is 19.2 Å². The molecule has 0 saturated carbocycles. The molecule has 0 aliphatic heterocycles. The SMILES string of the molecule is CNC(CCCCNC(=O)C(CCCCNC(=O)C(N)CCCCN)NC(=O)C(N)CCCCN)C(C)=O. The molecule has 0 fully saturated rings. The van der Waals surface area contributed by atoms with Crippen molar-refractivity contribution in [2.24, 2.45) is 22.9 Å². The van der Waals surface area contributed by atoms with Crippen LogP contribution in [0.4, 0.5) is 0 Å². The third-order valence-corrected chi connectivity index (χ3v) is 6.52. The zero-order chi connectivity index (χ0) is 28.8. The highest BCUT2D eigenvalue weighted by Crippen LogP contribution is 2.06. The summed E-state index contributed by atoms with van der Waals surface area (Å²) in [6.45, 7) is 3.55. The zero-order valence-electron chi connectivity index (χ0n) is 23.6. The Bertz CT molecular complexity index is 680. The Labute approximate surface area is 228 Å². The van der Waals surface area contributed by atoms with E-state index in [0.717, 1.165) is 32.1 Å². The van der Waals surface area contributed by atoms with Gasteiger partial charge in [-0.2, -0.15) is 0 Å². The van der Waals surface area contributed by atoms with Gasteiger partial charge in [-0.15, -0.1) is 0 Å². The number of carbonyl (C=O) groups is 4. The van der Waals surface area contributed by atoms with Crippen molar-refractivity contribution in [2.75, 3.05) is 33.2 Å². The molecular formula is C26H54N8O4. The molecule has 0 radical (unpaired) electrons. The van der Waals surface area contributed by atoms with Crippen molar-refractivity contribution in [1.82, 2.24) is 21.3 Å². The molecule has 0 heterocycles. The van der Waals surface area contributed by atoms with Crippen LogP contribution in [0, 0.1) is 0 Å². The fourth-order valence-electron chi connectivity index (χ4n) is 4.00. The van der Waals surface area contributed by atoms with Gasteiger partial charge in [0, 0.05) is 13.1 Å². The monoisotopic (exact) mass is 542 g/mol. The van der Waals surface area contributed by atoms with Crippen molar-refractivity contribution < 1.29 is 19.2 Å². The first kappa shape index (κ1) is 35.9. The molecule has 0 aromatic rings. The predicted molar refractivity (Wildman–Crippen MR) is 151 cm³/mol. The van der Waals surface area contributed by atoms with Crippen LogP contribution in [0.1, 0.15) is 84.0 Å². The summed E-state index contributed by atoms with van der Waals surface area (Å²) < 4.78 is 0. The summed E-state index contributed by atoms with van der Waals surface area (Å²) in [7, 11) is 1.76. The van der Waals surface area contributed by atoms with Gasteiger partial charge in [-0.3, -0.25) is 19.2 Å². The van der Waals surface area contributed by atoms with Gasteiger partial charge in [0.25, 0.3) is 0 Å². The Morgan fingerprint density at radius 3 is 1.53 bits per heavy atom. The second-order valence-electron chi connectivity index (χ2n) is 9.87. The summed E-state index contributed by atoms with van der Waals surface area (Å²) >= 11 is 0. The normalized spacial score (nSPS) is 14.3. The van der Waals surface area contributed by atoms with Crippen LogP contribution in [0.25, 0.3) is 0 Å². The number of unbranched alkanes of at least 4 members (excludes halogenated alkanes) is 4. The summed E-state index contributed by atoms with van der Waals surface area (Å²) in [5.41, 5.74) is 22.9. The second kappa shape index (κ2) is 22.8. The largest absolute Gasteiger partial charge is 0.355 e. The van der Waals surface area contributed by atoms with Crippen molar-refractivity contribution in [3.63, 3.8) is 0 Å². The molecule has 0 bridgehead atoms. The number of hydrogen-bond acceptors (Lipinski definition) is 9. The lowest BCUT2D eigenvalue weighted by Crippen LogP contribution is -2.51. The molecule has 12 heteroatoms. The first-order chi connectivity index (χ1) is 18.2. The standard InChI is InChI=1S/C26H54N8O4/c1-19(35)22(31-2)13-5-9-18-33-26(38)23(34-25(37)21(30)12-4-8-16-28)14-6-10-17-32-24(36)20(29)11-3-7-15-27/h20-23,31H,3-18,27-30H2,1-2H3,(H,32,36)(H,33,38)(H,34,37). The molecule has 4 atom stereocenters. The molecule has 4 unspecified atom stereocenters. The Morgan fingerprint density at radius 2 is 1.05 bits per heavy atom. The topological polar surface area (TPSA) is 220 Å². The number of Topliss-reactive ketones (excluding diaryl/α,β-unsaturated/α-hetero) is 1. The molecule has 3 amide bonds. The fourth-order valence-corrected chi connectivity index (χ4v) is 4.00. The first-order valence-corrected chi connectivity index (χ1v) is 14.1. The molecule has 0 aromatic carbocycles. The summed E-state index contributed by atoms with van der Waals surface area (Å²) in [6, 6.07) is -2.17. The quantitative estimate of drug-likeness (QED) is 0.0709. The maximum absolute atomic E-state index is 12.9. The fraction of sp³-hybridized carbons (Fsp3) is 0.846. The highest BCUT2D eigenvalue weighted by atomic mass is 16.2. The van der Waals surface area contributed by atoms with E-state index in [1.165, 1.54) is 0 Å². The smallest absolute Gasteiger partial charge is 0.242 e. The van der Waals surface area contributed by atoms with Gasteiger partial charge in [0.1, 0.15) is 11.8 Å². The van der Waals surface area contributed by atoms with Crippen molar-refractivity contribution in [2.45, 2.75) is 108 Å². The van der Waals surface area contributed by atoms with E-state index >= 15 is 0 Å². The molecule has 0 aliphatic carbocycles. The van der Waals surface area contributed by atoms with Crippen LogP contribution < -0.4 is 44.2 Å². The van der Waals surface area contributed by atoms with Crippen molar-refractivity contribution in [3.8, 4) is 0 Å². The summed E-state index contributed by atoms with van der Waals surface area (Å²) in [5, 5.41) is 11.5. The lowest BCUT2D eigenvalue weighted by molar-refractivity contribution is -0.129. The minimum atomic E-state index is -0.723. The van der Waals surface area contributed by atoms with Gasteiger partial charge < -0.3 is 44.2 Å². The van der Waals surface area contributed by atoms with Gasteiger partial charge in [0.15, 0.2) is 0 Å². The van der Waals surface area contributed by atoms with Gasteiger partial charge in [-0.05, 0) is 91.3 Å². The van der Waals surface area contributed by atoms with Crippen LogP contribution in [0.5, 0.6) is 0 Å². The predicted octanol–water partition coefficient (Wildman–Crippen LogP) is -0.866. The zero-order valence-corrected chi connectivity index (χ0v) is 23.6. The molecule has 0 saturated heterocycles. The molecule has 222 valence electrons. The van der Waals surface area contributed by atoms with Gasteiger partial charge in [0.05, 0.1) is 18.1 Å². The lowest BCUT2D eigenvalue weighted by Gasteiger charge is -2.21. The molecule has 0 aliphatic rings. The average Bonchev–Trinajstić information content (AvgIpc) is 2.89. The number of likely N-dealkylation sites (N-methyl/N-ethyl adjacent to an activating group) is 1. The van der Waals surface area contributed by atoms with Crippen LogP contribution in [-0.2, 0) is 19.2 Å². The average molecular weight is 543 g/mol. The van der Waals surface area contributed by atoms with Crippen molar-refractivity contribution in [3.05, 3.63) is 0 Å². The highest BCUT2D eigenvalue weighted by Gasteiger charge is 2.23. The third kappa shape index (κ3) is 17.4. The molecule has 38 heavy (non-hydrogen) atoms. The number of hydrogen-bond donors (Lipinski definition) is 8. The Kier molecular flexibility index (Phi) is 21.6. The third-order valence-electron chi connectivity index (χ3n) is 6.52. The van der Waals surface area contributed by atoms with Crippen LogP contribution >= 0.6 is 0 Å². The maximum atomic E-state index is 12.9. The van der Waals surface area contributed by atoms with E-state index in [1.807, 2.05) is 0 Å². The number of nitrogens with one attached hydrogen (secondary N) is 4. The van der Waals surface area contributed by atoms with Gasteiger partial charge in [-0.25, -0.2) is 0 Å². The first-order valence-electron chi connectivity index (χ1n) is 14.1. The van der Waals surface area contributed by atoms with Gasteiger partial charge in [0.2, 0.25) is 17.7 Å². The minimum Gasteiger partial charge on any atom is -0.355 e. The van der Waals surface area contributed by atoms with Crippen LogP contribution in [0.2, 0.25) is 0 Å². The van der Waals surface area contributed by atoms with Crippen LogP contribution in [0.3, 0.4) is 0 Å². The Hall–Kier alpha value is -2.12. The Balaban J connectivity index is 4.67. The molecule has 0 spiro atoms. The van der Waals surface area contributed by atoms with Crippen LogP contribution in [-0.4, -0.2) is 80.9 Å². The molecule has 12 N–H and O–H groups in total. The van der Waals surface area contributed by atoms with Crippen molar-refractivity contribution in [1.29, 1.82) is 0 Å². The highest BCUT2D eigenvalue weighted by molar-refractivity contribution is 5.89. The lowest BCUT2D eigenvalue weighted by atomic mass is 10.1. The van der Waals surface area contributed by atoms with E-state index in [2.05, 4.69) is 21.3 Å². The van der Waals surface area contributed by atoms with E-state index in [-0.39, 0.29) is 29.5 Å². The van der Waals surface area contributed by atoms with E-state index in [4.69, 9.17) is 22.9 Å². The molecule has 12 nitrogen and oxygen atoms in total. The summed E-state index contributed by atoms with van der Waals surface area (Å²) in [4.78, 5) is 49.1. The number of nitrogens with two attached hydrogens (primary N) is 4. The van der Waals surface area contributed by atoms with Gasteiger partial charge in [-0.1, -0.05) is 12.8 Å². The number of amides is 3. The van der Waals surface area contributed by atoms with E-state index in [1.54, 1.807) is 14.0 Å². The Morgan fingerprint density at radius 1 is 0.605 bits per heavy atom. The van der Waals surface area contributed by atoms with Crippen LogP contribution in [0.15, 0.2) is 0 Å². The summed E-state index contributed by atoms with van der Waals surface area (Å²) in [5.74, 6) is -0.738. The number of carbonyl (C=O) groups excluding carboxylic acids is 4. The molecular weight excluding hydrogens is 488 g/mol. The van der Waals surface area contributed by atoms with E-state index < -0.39 is 18.1 Å². The molecule has 0 aromatic heterocycles. The summed E-state index contributed by atoms with van der Waals surface area (Å²) in [6.07, 6.45) is 8.12. The van der Waals surface area contributed by atoms with Gasteiger partial charge >= 0.3 is 0 Å². The second-order valence-corrected chi connectivity index (χ2v) is 9.87. The maximum Gasteiger partial charge on any atom is 0.242 e. The molecule has 0 rings (SSSR count). The number of ketones is 1.